The quantitative estimate of drug-likeness (QED) is 0.477. The van der Waals surface area contributed by atoms with Crippen molar-refractivity contribution in [1.29, 1.82) is 0 Å². The monoisotopic (exact) mass is 416 g/mol. The fourth-order valence-corrected chi connectivity index (χ4v) is 2.91. The predicted octanol–water partition coefficient (Wildman–Crippen LogP) is 4.44. The van der Waals surface area contributed by atoms with Crippen molar-refractivity contribution in [3.05, 3.63) is 70.8 Å². The fourth-order valence-electron chi connectivity index (χ4n) is 2.91. The summed E-state index contributed by atoms with van der Waals surface area (Å²) in [5, 5.41) is 9.94. The van der Waals surface area contributed by atoms with Crippen molar-refractivity contribution in [1.82, 2.24) is 9.78 Å². The average molecular weight is 416 g/mol. The second-order valence-electron chi connectivity index (χ2n) is 6.41. The van der Waals surface area contributed by atoms with E-state index in [2.05, 4.69) is 15.6 Å². The number of nitrogens with one attached hydrogen (secondary N) is 1. The highest BCUT2D eigenvalue weighted by molar-refractivity contribution is 6.07. The number of anilines is 1. The summed E-state index contributed by atoms with van der Waals surface area (Å²) in [6, 6.07) is 8.33. The fraction of sp³-hybridized carbons (Fsp3) is 0.190. The van der Waals surface area contributed by atoms with E-state index in [0.29, 0.717) is 23.8 Å². The Kier molecular flexibility index (Phi) is 6.20. The number of carbonyl (C=O) groups is 1. The zero-order valence-corrected chi connectivity index (χ0v) is 16.5. The van der Waals surface area contributed by atoms with Crippen molar-refractivity contribution in [2.75, 3.05) is 11.9 Å². The lowest BCUT2D eigenvalue weighted by atomic mass is 10.0. The van der Waals surface area contributed by atoms with Gasteiger partial charge in [-0.2, -0.15) is 9.49 Å². The number of benzene rings is 2. The van der Waals surface area contributed by atoms with Gasteiger partial charge in [-0.05, 0) is 31.0 Å². The number of aromatic nitrogens is 2. The summed E-state index contributed by atoms with van der Waals surface area (Å²) in [6.45, 7) is 3.69. The minimum atomic E-state index is -0.984. The van der Waals surface area contributed by atoms with Gasteiger partial charge in [0.2, 0.25) is 5.95 Å². The first kappa shape index (κ1) is 21.1. The number of aryl methyl sites for hydroxylation is 2. The Bertz CT molecular complexity index is 1110. The lowest BCUT2D eigenvalue weighted by Crippen LogP contribution is -2.16. The van der Waals surface area contributed by atoms with Crippen LogP contribution in [0.4, 0.5) is 18.9 Å². The highest BCUT2D eigenvalue weighted by Gasteiger charge is 2.23. The molecule has 3 rings (SSSR count). The van der Waals surface area contributed by atoms with Gasteiger partial charge in [0.15, 0.2) is 0 Å². The molecule has 6 nitrogen and oxygen atoms in total. The first-order valence-corrected chi connectivity index (χ1v) is 9.07. The van der Waals surface area contributed by atoms with Crippen molar-refractivity contribution in [3.8, 4) is 11.1 Å². The van der Waals surface area contributed by atoms with E-state index >= 15 is 0 Å². The maximum absolute atomic E-state index is 14.6. The van der Waals surface area contributed by atoms with Gasteiger partial charge in [0.25, 0.3) is 5.91 Å². The summed E-state index contributed by atoms with van der Waals surface area (Å²) >= 11 is 0. The minimum absolute atomic E-state index is 0.107. The van der Waals surface area contributed by atoms with E-state index in [1.807, 2.05) is 0 Å². The Morgan fingerprint density at radius 1 is 1.23 bits per heavy atom. The van der Waals surface area contributed by atoms with E-state index in [-0.39, 0.29) is 22.5 Å². The molecule has 0 aliphatic carbocycles. The van der Waals surface area contributed by atoms with Crippen molar-refractivity contribution in [2.45, 2.75) is 13.8 Å². The smallest absolute Gasteiger partial charge is 0.262 e. The van der Waals surface area contributed by atoms with Crippen LogP contribution in [0.2, 0.25) is 0 Å². The number of nitrogens with zero attached hydrogens (tertiary/aromatic N) is 3. The summed E-state index contributed by atoms with van der Waals surface area (Å²) in [6.07, 6.45) is 1.50. The molecule has 0 bridgehead atoms. The molecular weight excluding hydrogens is 397 g/mol. The largest absolute Gasteiger partial charge is 0.396 e. The van der Waals surface area contributed by atoms with Crippen LogP contribution in [0.1, 0.15) is 28.5 Å². The number of amides is 1. The van der Waals surface area contributed by atoms with Crippen LogP contribution >= 0.6 is 0 Å². The maximum Gasteiger partial charge on any atom is 0.262 e. The molecule has 2 aromatic carbocycles. The van der Waals surface area contributed by atoms with Gasteiger partial charge in [0, 0.05) is 18.7 Å². The molecule has 1 amide bonds. The molecule has 0 spiro atoms. The molecule has 1 heterocycles. The summed E-state index contributed by atoms with van der Waals surface area (Å²) in [4.78, 5) is 17.5. The Morgan fingerprint density at radius 3 is 2.53 bits per heavy atom. The maximum atomic E-state index is 14.6. The van der Waals surface area contributed by atoms with Gasteiger partial charge in [-0.1, -0.05) is 29.4 Å². The van der Waals surface area contributed by atoms with E-state index in [1.165, 1.54) is 20.2 Å². The summed E-state index contributed by atoms with van der Waals surface area (Å²) in [5.41, 5.74) is 0.836. The van der Waals surface area contributed by atoms with E-state index in [0.717, 1.165) is 10.7 Å². The van der Waals surface area contributed by atoms with E-state index in [9.17, 15) is 18.0 Å². The molecule has 156 valence electrons. The lowest BCUT2D eigenvalue weighted by Gasteiger charge is -2.13. The van der Waals surface area contributed by atoms with Crippen LogP contribution in [0.15, 0.2) is 41.6 Å². The van der Waals surface area contributed by atoms with Gasteiger partial charge in [-0.15, -0.1) is 0 Å². The van der Waals surface area contributed by atoms with Crippen LogP contribution in [0.5, 0.6) is 0 Å². The van der Waals surface area contributed by atoms with Crippen molar-refractivity contribution < 1.29 is 22.8 Å². The lowest BCUT2D eigenvalue weighted by molar-refractivity contribution is 0.102. The third-order valence-electron chi connectivity index (χ3n) is 4.30. The Balaban J connectivity index is 1.98. The number of rotatable bonds is 6. The Morgan fingerprint density at radius 2 is 1.93 bits per heavy atom. The van der Waals surface area contributed by atoms with Gasteiger partial charge in [0.1, 0.15) is 23.8 Å². The Labute approximate surface area is 171 Å². The van der Waals surface area contributed by atoms with Crippen LogP contribution in [0.3, 0.4) is 0 Å². The molecule has 1 N–H and O–H groups in total. The van der Waals surface area contributed by atoms with E-state index in [1.54, 1.807) is 31.2 Å². The number of halogens is 3. The van der Waals surface area contributed by atoms with E-state index in [4.69, 9.17) is 4.84 Å². The van der Waals surface area contributed by atoms with Gasteiger partial charge in [0.05, 0.1) is 17.6 Å². The molecule has 30 heavy (non-hydrogen) atoms. The number of hydrogen-bond donors (Lipinski definition) is 1. The van der Waals surface area contributed by atoms with Gasteiger partial charge < -0.3 is 10.2 Å². The summed E-state index contributed by atoms with van der Waals surface area (Å²) in [7, 11) is 1.35. The molecule has 1 aromatic heterocycles. The van der Waals surface area contributed by atoms with Crippen LogP contribution in [-0.2, 0) is 11.9 Å². The highest BCUT2D eigenvalue weighted by Crippen LogP contribution is 2.32. The molecule has 0 radical (unpaired) electrons. The zero-order chi connectivity index (χ0) is 21.8. The van der Waals surface area contributed by atoms with Crippen molar-refractivity contribution in [2.24, 2.45) is 12.2 Å². The predicted molar refractivity (Wildman–Crippen MR) is 107 cm³/mol. The summed E-state index contributed by atoms with van der Waals surface area (Å²) in [5.74, 6) is -3.54. The van der Waals surface area contributed by atoms with Crippen LogP contribution < -0.4 is 5.32 Å². The third kappa shape index (κ3) is 4.35. The van der Waals surface area contributed by atoms with Crippen LogP contribution in [0, 0.1) is 24.5 Å². The van der Waals surface area contributed by atoms with Crippen molar-refractivity contribution >= 4 is 17.8 Å². The topological polar surface area (TPSA) is 68.5 Å². The number of carbonyl (C=O) groups excluding carboxylic acids is 1. The van der Waals surface area contributed by atoms with Crippen molar-refractivity contribution in [3.63, 3.8) is 0 Å². The zero-order valence-electron chi connectivity index (χ0n) is 16.5. The molecule has 0 saturated carbocycles. The molecule has 0 saturated heterocycles. The van der Waals surface area contributed by atoms with Gasteiger partial charge >= 0.3 is 0 Å². The molecule has 0 aliphatic rings. The highest BCUT2D eigenvalue weighted by atomic mass is 19.1. The first-order chi connectivity index (χ1) is 14.3. The number of oxime groups is 1. The molecule has 9 heteroatoms. The SMILES string of the molecule is CCO/N=C/c1ccc(-c2cc(F)cc(F)c2NC(=O)c2c(C)nn(C)c2F)cc1. The second-order valence-corrected chi connectivity index (χ2v) is 6.41. The Hall–Kier alpha value is -3.62. The second kappa shape index (κ2) is 8.81. The third-order valence-corrected chi connectivity index (χ3v) is 4.30. The summed E-state index contributed by atoms with van der Waals surface area (Å²) < 4.78 is 43.6. The minimum Gasteiger partial charge on any atom is -0.396 e. The van der Waals surface area contributed by atoms with Gasteiger partial charge in [-0.25, -0.2) is 13.5 Å². The van der Waals surface area contributed by atoms with Gasteiger partial charge in [-0.3, -0.25) is 4.79 Å². The first-order valence-electron chi connectivity index (χ1n) is 9.07. The average Bonchev–Trinajstić information content (AvgIpc) is 2.96. The molecule has 3 aromatic rings. The molecule has 0 atom stereocenters. The molecular formula is C21H19F3N4O2. The molecule has 0 unspecified atom stereocenters. The molecule has 0 aliphatic heterocycles. The number of hydrogen-bond acceptors (Lipinski definition) is 4. The normalized spacial score (nSPS) is 11.1. The van der Waals surface area contributed by atoms with Crippen LogP contribution in [0.25, 0.3) is 11.1 Å². The van der Waals surface area contributed by atoms with E-state index < -0.39 is 23.5 Å². The van der Waals surface area contributed by atoms with Crippen LogP contribution in [-0.4, -0.2) is 28.5 Å². The standard InChI is InChI=1S/C21H19F3N4O2/c1-4-30-25-11-13-5-7-14(8-6-13)16-9-15(22)10-17(23)19(16)26-21(29)18-12(2)27-28(3)20(18)24/h5-11H,4H2,1-3H3,(H,26,29)/b25-11+. The molecule has 0 fully saturated rings.